The van der Waals surface area contributed by atoms with Crippen molar-refractivity contribution in [1.29, 1.82) is 0 Å². The van der Waals surface area contributed by atoms with Gasteiger partial charge in [-0.2, -0.15) is 24.6 Å². The van der Waals surface area contributed by atoms with Crippen molar-refractivity contribution in [2.24, 2.45) is 0 Å². The molecule has 13 heavy (non-hydrogen) atoms. The summed E-state index contributed by atoms with van der Waals surface area (Å²) in [6.45, 7) is 6.12. The average Bonchev–Trinajstić information content (AvgIpc) is 2.08. The van der Waals surface area contributed by atoms with Gasteiger partial charge in [0, 0.05) is 32.8 Å². The van der Waals surface area contributed by atoms with Gasteiger partial charge in [-0.25, -0.2) is 0 Å². The van der Waals surface area contributed by atoms with E-state index in [1.54, 1.807) is 0 Å². The van der Waals surface area contributed by atoms with Crippen molar-refractivity contribution in [3.63, 3.8) is 0 Å². The first-order valence-corrected chi connectivity index (χ1v) is 4.29. The van der Waals surface area contributed by atoms with Crippen LogP contribution < -0.4 is 0 Å². The Morgan fingerprint density at radius 1 is 1.23 bits per heavy atom. The van der Waals surface area contributed by atoms with Gasteiger partial charge in [0.15, 0.2) is 0 Å². The summed E-state index contributed by atoms with van der Waals surface area (Å²) in [7, 11) is 0. The second-order valence-electron chi connectivity index (χ2n) is 2.56. The maximum Gasteiger partial charge on any atom is 0.0430 e. The van der Waals surface area contributed by atoms with Gasteiger partial charge in [0.1, 0.15) is 0 Å². The molecule has 0 saturated carbocycles. The van der Waals surface area contributed by atoms with Crippen molar-refractivity contribution in [1.82, 2.24) is 0 Å². The maximum atomic E-state index is 8.07. The molecule has 0 heterocycles. The van der Waals surface area contributed by atoms with Crippen molar-refractivity contribution in [3.05, 3.63) is 42.8 Å². The largest absolute Gasteiger partial charge is 0.396 e. The van der Waals surface area contributed by atoms with Crippen molar-refractivity contribution in [2.45, 2.75) is 19.8 Å². The van der Waals surface area contributed by atoms with Crippen LogP contribution in [0.5, 0.6) is 0 Å². The molecule has 72 valence electrons. The molecular formula is C11H17OZr-. The third kappa shape index (κ3) is 11.9. The van der Waals surface area contributed by atoms with Crippen molar-refractivity contribution < 1.29 is 31.3 Å². The van der Waals surface area contributed by atoms with Crippen molar-refractivity contribution in [3.8, 4) is 0 Å². The third-order valence-corrected chi connectivity index (χ3v) is 1.35. The van der Waals surface area contributed by atoms with E-state index >= 15 is 0 Å². The number of hydrogen-bond donors (Lipinski definition) is 1. The number of aliphatic hydroxyl groups excluding tert-OH is 1. The summed E-state index contributed by atoms with van der Waals surface area (Å²) in [4.78, 5) is 0. The van der Waals surface area contributed by atoms with E-state index in [4.69, 9.17) is 5.11 Å². The molecule has 0 radical (unpaired) electrons. The van der Waals surface area contributed by atoms with E-state index in [1.165, 1.54) is 0 Å². The first-order chi connectivity index (χ1) is 5.81. The Labute approximate surface area is 100 Å². The number of rotatable bonds is 2. The van der Waals surface area contributed by atoms with E-state index in [0.717, 1.165) is 18.4 Å². The Balaban J connectivity index is 0. The summed E-state index contributed by atoms with van der Waals surface area (Å²) in [5, 5.41) is 8.07. The molecule has 0 saturated heterocycles. The predicted octanol–water partition coefficient (Wildman–Crippen LogP) is 2.65. The molecule has 1 aromatic rings. The molecule has 1 N–H and O–H groups in total. The third-order valence-electron chi connectivity index (χ3n) is 1.35. The fourth-order valence-corrected chi connectivity index (χ4v) is 0.636. The smallest absolute Gasteiger partial charge is 0.0430 e. The first kappa shape index (κ1) is 15.4. The summed E-state index contributed by atoms with van der Waals surface area (Å²) in [5.74, 6) is 0. The fourth-order valence-electron chi connectivity index (χ4n) is 0.636. The summed E-state index contributed by atoms with van der Waals surface area (Å²) in [5.41, 5.74) is 1.07. The van der Waals surface area contributed by atoms with Crippen molar-refractivity contribution in [2.75, 3.05) is 6.61 Å². The molecular weight excluding hydrogens is 239 g/mol. The SMILES string of the molecule is CCCCO.[CH2-]c1ccccc1.[Zr]. The predicted molar refractivity (Wildman–Crippen MR) is 52.9 cm³/mol. The van der Waals surface area contributed by atoms with E-state index < -0.39 is 0 Å². The van der Waals surface area contributed by atoms with E-state index in [9.17, 15) is 0 Å². The molecule has 0 spiro atoms. The summed E-state index contributed by atoms with van der Waals surface area (Å²) >= 11 is 0. The number of hydrogen-bond acceptors (Lipinski definition) is 1. The minimum Gasteiger partial charge on any atom is -0.396 e. The van der Waals surface area contributed by atoms with Gasteiger partial charge in [0.2, 0.25) is 0 Å². The van der Waals surface area contributed by atoms with Crippen LogP contribution in [0.1, 0.15) is 25.3 Å². The number of benzene rings is 1. The monoisotopic (exact) mass is 255 g/mol. The van der Waals surface area contributed by atoms with Crippen molar-refractivity contribution >= 4 is 0 Å². The van der Waals surface area contributed by atoms with Crippen LogP contribution in [0.15, 0.2) is 30.3 Å². The summed E-state index contributed by atoms with van der Waals surface area (Å²) < 4.78 is 0. The molecule has 0 aliphatic heterocycles. The van der Waals surface area contributed by atoms with E-state index in [2.05, 4.69) is 13.8 Å². The second kappa shape index (κ2) is 11.9. The minimum absolute atomic E-state index is 0. The maximum absolute atomic E-state index is 8.07. The molecule has 0 amide bonds. The Morgan fingerprint density at radius 2 is 1.77 bits per heavy atom. The van der Waals surface area contributed by atoms with Gasteiger partial charge in [-0.05, 0) is 6.42 Å². The van der Waals surface area contributed by atoms with Gasteiger partial charge >= 0.3 is 0 Å². The molecule has 0 aliphatic carbocycles. The van der Waals surface area contributed by atoms with Crippen LogP contribution >= 0.6 is 0 Å². The molecule has 0 fully saturated rings. The Hall–Kier alpha value is -0.0669. The number of unbranched alkanes of at least 4 members (excludes halogenated alkanes) is 1. The number of aliphatic hydroxyl groups is 1. The summed E-state index contributed by atoms with van der Waals surface area (Å²) in [6, 6.07) is 9.87. The van der Waals surface area contributed by atoms with Crippen LogP contribution in [0, 0.1) is 6.92 Å². The second-order valence-corrected chi connectivity index (χ2v) is 2.56. The molecule has 0 unspecified atom stereocenters. The van der Waals surface area contributed by atoms with Gasteiger partial charge in [0.25, 0.3) is 0 Å². The van der Waals surface area contributed by atoms with Crippen LogP contribution in [-0.2, 0) is 26.2 Å². The van der Waals surface area contributed by atoms with Gasteiger partial charge in [-0.1, -0.05) is 19.4 Å². The van der Waals surface area contributed by atoms with E-state index in [1.807, 2.05) is 30.3 Å². The van der Waals surface area contributed by atoms with E-state index in [-0.39, 0.29) is 26.2 Å². The van der Waals surface area contributed by atoms with Crippen LogP contribution in [0.2, 0.25) is 0 Å². The quantitative estimate of drug-likeness (QED) is 0.807. The fraction of sp³-hybridized carbons (Fsp3) is 0.364. The van der Waals surface area contributed by atoms with E-state index in [0.29, 0.717) is 6.61 Å². The zero-order chi connectivity index (χ0) is 9.23. The summed E-state index contributed by atoms with van der Waals surface area (Å²) in [6.07, 6.45) is 2.04. The zero-order valence-electron chi connectivity index (χ0n) is 8.16. The molecule has 1 nitrogen and oxygen atoms in total. The first-order valence-electron chi connectivity index (χ1n) is 4.29. The van der Waals surface area contributed by atoms with Crippen LogP contribution in [0.3, 0.4) is 0 Å². The average molecular weight is 256 g/mol. The Kier molecular flexibility index (Phi) is 14.1. The topological polar surface area (TPSA) is 20.2 Å². The zero-order valence-corrected chi connectivity index (χ0v) is 10.6. The van der Waals surface area contributed by atoms with Gasteiger partial charge < -0.3 is 5.11 Å². The Bertz CT molecular complexity index is 173. The van der Waals surface area contributed by atoms with Gasteiger partial charge in [-0.15, -0.1) is 12.1 Å². The Morgan fingerprint density at radius 3 is 1.92 bits per heavy atom. The minimum atomic E-state index is 0. The van der Waals surface area contributed by atoms with Crippen LogP contribution in [0.4, 0.5) is 0 Å². The van der Waals surface area contributed by atoms with Gasteiger partial charge in [-0.3, -0.25) is 0 Å². The molecule has 0 aromatic heterocycles. The van der Waals surface area contributed by atoms with Crippen LogP contribution in [0.25, 0.3) is 0 Å². The standard InChI is InChI=1S/C7H7.C4H10O.Zr/c1-7-5-3-2-4-6-7;1-2-3-4-5;/h2-6H,1H2;5H,2-4H2,1H3;/q-1;;. The normalized spacial score (nSPS) is 7.85. The molecule has 2 heteroatoms. The molecule has 0 aliphatic rings. The molecule has 1 aromatic carbocycles. The molecule has 0 atom stereocenters. The van der Waals surface area contributed by atoms with Crippen LogP contribution in [-0.4, -0.2) is 11.7 Å². The molecule has 1 rings (SSSR count). The molecule has 0 bridgehead atoms. The van der Waals surface area contributed by atoms with Gasteiger partial charge in [0.05, 0.1) is 0 Å².